The number of aromatic nitrogens is 2. The van der Waals surface area contributed by atoms with Crippen molar-refractivity contribution in [2.45, 2.75) is 18.8 Å². The lowest BCUT2D eigenvalue weighted by Crippen LogP contribution is -2.23. The van der Waals surface area contributed by atoms with Crippen molar-refractivity contribution in [1.29, 1.82) is 0 Å². The molecule has 0 bridgehead atoms. The maximum absolute atomic E-state index is 12.8. The van der Waals surface area contributed by atoms with E-state index >= 15 is 0 Å². The van der Waals surface area contributed by atoms with Crippen molar-refractivity contribution in [2.24, 2.45) is 0 Å². The molecule has 0 amide bonds. The summed E-state index contributed by atoms with van der Waals surface area (Å²) in [5.41, 5.74) is 0. The molecule has 1 aromatic heterocycles. The van der Waals surface area contributed by atoms with E-state index < -0.39 is 17.4 Å². The van der Waals surface area contributed by atoms with E-state index in [0.717, 1.165) is 0 Å². The number of nitrogens with zero attached hydrogens (tertiary/aromatic N) is 2. The molecule has 3 nitrogen and oxygen atoms in total. The molecule has 1 heterocycles. The van der Waals surface area contributed by atoms with Crippen LogP contribution in [0, 0.1) is 0 Å². The monoisotopic (exact) mass is 243 g/mol. The fourth-order valence-electron chi connectivity index (χ4n) is 0.815. The van der Waals surface area contributed by atoms with Gasteiger partial charge in [0.05, 0.1) is 0 Å². The van der Waals surface area contributed by atoms with Crippen LogP contribution in [-0.4, -0.2) is 30.2 Å². The number of nitrogens with one attached hydrogen (secondary N) is 1. The summed E-state index contributed by atoms with van der Waals surface area (Å²) in [6.07, 6.45) is -3.35. The van der Waals surface area contributed by atoms with Gasteiger partial charge in [0.25, 0.3) is 0 Å². The number of alkyl halides is 4. The van der Waals surface area contributed by atoms with Crippen molar-refractivity contribution in [1.82, 2.24) is 15.5 Å². The third-order valence-electron chi connectivity index (χ3n) is 1.61. The van der Waals surface area contributed by atoms with E-state index in [1.807, 2.05) is 0 Å². The second-order valence-corrected chi connectivity index (χ2v) is 3.84. The highest BCUT2D eigenvalue weighted by molar-refractivity contribution is 7.11. The van der Waals surface area contributed by atoms with Crippen LogP contribution in [0.25, 0.3) is 0 Å². The first kappa shape index (κ1) is 12.3. The summed E-state index contributed by atoms with van der Waals surface area (Å²) in [6.45, 7) is 0.537. The lowest BCUT2D eigenvalue weighted by atomic mass is 10.4. The predicted molar refractivity (Wildman–Crippen MR) is 47.4 cm³/mol. The molecule has 0 saturated heterocycles. The first-order valence-corrected chi connectivity index (χ1v) is 4.93. The van der Waals surface area contributed by atoms with Gasteiger partial charge >= 0.3 is 12.3 Å². The Morgan fingerprint density at radius 1 is 1.40 bits per heavy atom. The molecule has 0 aliphatic heterocycles. The van der Waals surface area contributed by atoms with Crippen LogP contribution >= 0.6 is 11.3 Å². The lowest BCUT2D eigenvalue weighted by Gasteiger charge is -2.09. The molecular formula is C7H9F4N3S. The first-order valence-electron chi connectivity index (χ1n) is 4.12. The molecule has 8 heteroatoms. The minimum Gasteiger partial charge on any atom is -0.319 e. The highest BCUT2D eigenvalue weighted by atomic mass is 32.1. The van der Waals surface area contributed by atoms with E-state index in [2.05, 4.69) is 15.5 Å². The van der Waals surface area contributed by atoms with Crippen LogP contribution in [0.3, 0.4) is 0 Å². The number of hydrogen-bond acceptors (Lipinski definition) is 4. The Bertz CT molecular complexity index is 315. The van der Waals surface area contributed by atoms with Crippen LogP contribution < -0.4 is 5.32 Å². The Morgan fingerprint density at radius 3 is 2.60 bits per heavy atom. The topological polar surface area (TPSA) is 37.8 Å². The summed E-state index contributed by atoms with van der Waals surface area (Å²) < 4.78 is 49.4. The van der Waals surface area contributed by atoms with Crippen molar-refractivity contribution >= 4 is 11.3 Å². The molecule has 0 saturated carbocycles. The minimum atomic E-state index is -4.20. The number of halogens is 4. The summed E-state index contributed by atoms with van der Waals surface area (Å²) >= 11 is 0.516. The highest BCUT2D eigenvalue weighted by Gasteiger charge is 2.46. The van der Waals surface area contributed by atoms with Gasteiger partial charge in [-0.1, -0.05) is 11.3 Å². The molecule has 0 aliphatic rings. The largest absolute Gasteiger partial charge is 0.359 e. The Morgan fingerprint density at radius 2 is 2.07 bits per heavy atom. The van der Waals surface area contributed by atoms with Gasteiger partial charge in [-0.25, -0.2) is 8.78 Å². The van der Waals surface area contributed by atoms with Crippen molar-refractivity contribution in [3.63, 3.8) is 0 Å². The summed E-state index contributed by atoms with van der Waals surface area (Å²) in [5, 5.41) is 8.67. The van der Waals surface area contributed by atoms with Crippen LogP contribution in [0.4, 0.5) is 17.6 Å². The molecule has 0 spiro atoms. The summed E-state index contributed by atoms with van der Waals surface area (Å²) in [5.74, 6) is -4.20. The maximum atomic E-state index is 12.8. The molecule has 0 fully saturated rings. The normalized spacial score (nSPS) is 12.4. The van der Waals surface area contributed by atoms with Crippen LogP contribution in [0.2, 0.25) is 0 Å². The Balaban J connectivity index is 2.75. The molecule has 86 valence electrons. The molecule has 1 aromatic rings. The van der Waals surface area contributed by atoms with Crippen molar-refractivity contribution in [2.75, 3.05) is 13.6 Å². The Hall–Kier alpha value is -0.760. The second kappa shape index (κ2) is 4.84. The fourth-order valence-corrected chi connectivity index (χ4v) is 1.63. The SMILES string of the molecule is CNCCc1nnc(C(F)(F)C(F)F)s1. The zero-order chi connectivity index (χ0) is 11.5. The molecular weight excluding hydrogens is 234 g/mol. The first-order chi connectivity index (χ1) is 6.98. The Kier molecular flexibility index (Phi) is 3.97. The average Bonchev–Trinajstić information content (AvgIpc) is 2.63. The van der Waals surface area contributed by atoms with Gasteiger partial charge in [0, 0.05) is 13.0 Å². The molecule has 15 heavy (non-hydrogen) atoms. The van der Waals surface area contributed by atoms with Gasteiger partial charge in [-0.05, 0) is 7.05 Å². The van der Waals surface area contributed by atoms with Gasteiger partial charge in [0.2, 0.25) is 0 Å². The van der Waals surface area contributed by atoms with E-state index in [4.69, 9.17) is 0 Å². The lowest BCUT2D eigenvalue weighted by molar-refractivity contribution is -0.135. The highest BCUT2D eigenvalue weighted by Crippen LogP contribution is 2.36. The van der Waals surface area contributed by atoms with E-state index in [1.54, 1.807) is 7.05 Å². The zero-order valence-electron chi connectivity index (χ0n) is 7.81. The number of rotatable bonds is 5. The van der Waals surface area contributed by atoms with Crippen LogP contribution in [0.1, 0.15) is 10.0 Å². The minimum absolute atomic E-state index is 0.319. The predicted octanol–water partition coefficient (Wildman–Crippen LogP) is 1.66. The van der Waals surface area contributed by atoms with Gasteiger partial charge in [0.1, 0.15) is 5.01 Å². The maximum Gasteiger partial charge on any atom is 0.359 e. The van der Waals surface area contributed by atoms with E-state index in [-0.39, 0.29) is 0 Å². The smallest absolute Gasteiger partial charge is 0.319 e. The zero-order valence-corrected chi connectivity index (χ0v) is 8.62. The third-order valence-corrected chi connectivity index (χ3v) is 2.68. The van der Waals surface area contributed by atoms with Crippen LogP contribution in [0.15, 0.2) is 0 Å². The van der Waals surface area contributed by atoms with Gasteiger partial charge in [0.15, 0.2) is 5.01 Å². The van der Waals surface area contributed by atoms with E-state index in [0.29, 0.717) is 29.3 Å². The molecule has 0 unspecified atom stereocenters. The average molecular weight is 243 g/mol. The van der Waals surface area contributed by atoms with Crippen LogP contribution in [-0.2, 0) is 12.3 Å². The molecule has 0 aliphatic carbocycles. The quantitative estimate of drug-likeness (QED) is 0.799. The molecule has 0 radical (unpaired) electrons. The molecule has 1 rings (SSSR count). The van der Waals surface area contributed by atoms with Crippen molar-refractivity contribution in [3.8, 4) is 0 Å². The van der Waals surface area contributed by atoms with Gasteiger partial charge in [-0.3, -0.25) is 0 Å². The third kappa shape index (κ3) is 2.85. The van der Waals surface area contributed by atoms with Crippen molar-refractivity contribution in [3.05, 3.63) is 10.0 Å². The number of hydrogen-bond donors (Lipinski definition) is 1. The van der Waals surface area contributed by atoms with Crippen LogP contribution in [0.5, 0.6) is 0 Å². The van der Waals surface area contributed by atoms with Crippen molar-refractivity contribution < 1.29 is 17.6 Å². The summed E-state index contributed by atoms with van der Waals surface area (Å²) in [4.78, 5) is 0. The molecule has 0 aromatic carbocycles. The van der Waals surface area contributed by atoms with E-state index in [1.165, 1.54) is 0 Å². The Labute approximate surface area is 87.5 Å². The molecule has 1 N–H and O–H groups in total. The summed E-state index contributed by atoms with van der Waals surface area (Å²) in [7, 11) is 1.69. The molecule has 0 atom stereocenters. The standard InChI is InChI=1S/C7H9F4N3S/c1-12-3-2-4-13-14-6(15-4)7(10,11)5(8)9/h5,12H,2-3H2,1H3. The van der Waals surface area contributed by atoms with Gasteiger partial charge in [-0.2, -0.15) is 8.78 Å². The summed E-state index contributed by atoms with van der Waals surface area (Å²) in [6, 6.07) is 0. The fraction of sp³-hybridized carbons (Fsp3) is 0.714. The number of likely N-dealkylation sites (N-methyl/N-ethyl adjacent to an activating group) is 1. The van der Waals surface area contributed by atoms with Gasteiger partial charge in [-0.15, -0.1) is 10.2 Å². The second-order valence-electron chi connectivity index (χ2n) is 2.78. The van der Waals surface area contributed by atoms with E-state index in [9.17, 15) is 17.6 Å². The van der Waals surface area contributed by atoms with Gasteiger partial charge < -0.3 is 5.32 Å².